The summed E-state index contributed by atoms with van der Waals surface area (Å²) in [6.07, 6.45) is 3.36. The molecule has 0 aromatic heterocycles. The number of hydrogen-bond donors (Lipinski definition) is 0. The molecule has 3 aromatic carbocycles. The van der Waals surface area contributed by atoms with Gasteiger partial charge in [0.2, 0.25) is 0 Å². The average molecular weight is 390 g/mol. The second kappa shape index (κ2) is 10.3. The molecule has 0 amide bonds. The Labute approximate surface area is 172 Å². The lowest BCUT2D eigenvalue weighted by atomic mass is 10.0. The molecule has 4 heteroatoms. The van der Waals surface area contributed by atoms with E-state index < -0.39 is 5.97 Å². The normalized spacial score (nSPS) is 10.4. The van der Waals surface area contributed by atoms with Crippen molar-refractivity contribution in [2.24, 2.45) is 0 Å². The minimum atomic E-state index is -0.392. The largest absolute Gasteiger partial charge is 0.497 e. The molecule has 0 atom stereocenters. The molecular weight excluding hydrogens is 364 g/mol. The maximum Gasteiger partial charge on any atom is 0.343 e. The van der Waals surface area contributed by atoms with Crippen LogP contribution in [0.4, 0.5) is 0 Å². The molecule has 0 aliphatic heterocycles. The van der Waals surface area contributed by atoms with Gasteiger partial charge in [0.15, 0.2) is 0 Å². The van der Waals surface area contributed by atoms with Crippen LogP contribution in [0.1, 0.15) is 36.5 Å². The molecule has 0 N–H and O–H groups in total. The molecule has 0 spiro atoms. The highest BCUT2D eigenvalue weighted by molar-refractivity contribution is 5.92. The number of ether oxygens (including phenoxy) is 3. The molecule has 3 rings (SSSR count). The van der Waals surface area contributed by atoms with Crippen molar-refractivity contribution in [3.63, 3.8) is 0 Å². The number of carbonyl (C=O) groups is 1. The number of esters is 1. The van der Waals surface area contributed by atoms with Gasteiger partial charge in [-0.15, -0.1) is 0 Å². The molecule has 150 valence electrons. The van der Waals surface area contributed by atoms with Gasteiger partial charge in [-0.2, -0.15) is 0 Å². The second-order valence-corrected chi connectivity index (χ2v) is 6.73. The Kier molecular flexibility index (Phi) is 7.28. The fourth-order valence-electron chi connectivity index (χ4n) is 2.92. The molecule has 0 aliphatic rings. The zero-order valence-corrected chi connectivity index (χ0v) is 16.9. The first-order valence-corrected chi connectivity index (χ1v) is 9.89. The Morgan fingerprint density at radius 2 is 1.48 bits per heavy atom. The van der Waals surface area contributed by atoms with E-state index in [4.69, 9.17) is 14.2 Å². The number of hydrogen-bond acceptors (Lipinski definition) is 4. The van der Waals surface area contributed by atoms with E-state index in [-0.39, 0.29) is 0 Å². The summed E-state index contributed by atoms with van der Waals surface area (Å²) in [7, 11) is 1.64. The van der Waals surface area contributed by atoms with Crippen molar-refractivity contribution < 1.29 is 19.0 Å². The molecule has 0 fully saturated rings. The minimum Gasteiger partial charge on any atom is -0.497 e. The predicted molar refractivity (Wildman–Crippen MR) is 115 cm³/mol. The van der Waals surface area contributed by atoms with Gasteiger partial charge in [0, 0.05) is 0 Å². The number of methoxy groups -OCH3 is 1. The van der Waals surface area contributed by atoms with Crippen LogP contribution in [0.3, 0.4) is 0 Å². The Morgan fingerprint density at radius 1 is 0.793 bits per heavy atom. The van der Waals surface area contributed by atoms with Crippen LogP contribution in [-0.4, -0.2) is 19.7 Å². The summed E-state index contributed by atoms with van der Waals surface area (Å²) in [4.78, 5) is 12.6. The molecular formula is C25H26O4. The Bertz CT molecular complexity index is 914. The molecule has 0 radical (unpaired) electrons. The van der Waals surface area contributed by atoms with E-state index in [1.807, 2.05) is 54.6 Å². The predicted octanol–water partition coefficient (Wildman–Crippen LogP) is 6.15. The van der Waals surface area contributed by atoms with Crippen LogP contribution in [0.2, 0.25) is 0 Å². The third kappa shape index (κ3) is 5.85. The maximum atomic E-state index is 12.6. The van der Waals surface area contributed by atoms with Crippen molar-refractivity contribution in [2.75, 3.05) is 13.7 Å². The molecule has 0 heterocycles. The molecule has 0 saturated carbocycles. The SMILES string of the molecule is CCCCCOc1ccc(OC(=O)c2cccc(-c3ccc(OC)cc3)c2)cc1. The molecule has 0 aliphatic carbocycles. The zero-order chi connectivity index (χ0) is 20.5. The van der Waals surface area contributed by atoms with Crippen LogP contribution < -0.4 is 14.2 Å². The van der Waals surface area contributed by atoms with Gasteiger partial charge in [-0.05, 0) is 66.1 Å². The summed E-state index contributed by atoms with van der Waals surface area (Å²) in [6.45, 7) is 2.86. The maximum absolute atomic E-state index is 12.6. The summed E-state index contributed by atoms with van der Waals surface area (Å²) in [5.41, 5.74) is 2.45. The van der Waals surface area contributed by atoms with Crippen molar-refractivity contribution >= 4 is 5.97 Å². The lowest BCUT2D eigenvalue weighted by Crippen LogP contribution is -2.08. The molecule has 29 heavy (non-hydrogen) atoms. The van der Waals surface area contributed by atoms with Crippen LogP contribution in [0.25, 0.3) is 11.1 Å². The molecule has 0 saturated heterocycles. The zero-order valence-electron chi connectivity index (χ0n) is 16.9. The van der Waals surface area contributed by atoms with Gasteiger partial charge in [0.1, 0.15) is 17.2 Å². The number of rotatable bonds is 9. The molecule has 3 aromatic rings. The smallest absolute Gasteiger partial charge is 0.343 e. The third-order valence-corrected chi connectivity index (χ3v) is 4.57. The first-order valence-electron chi connectivity index (χ1n) is 9.89. The van der Waals surface area contributed by atoms with Gasteiger partial charge in [-0.1, -0.05) is 44.0 Å². The minimum absolute atomic E-state index is 0.392. The van der Waals surface area contributed by atoms with E-state index in [0.717, 1.165) is 41.9 Å². The quantitative estimate of drug-likeness (QED) is 0.250. The number of carbonyl (C=O) groups excluding carboxylic acids is 1. The van der Waals surface area contributed by atoms with Crippen LogP contribution in [0.15, 0.2) is 72.8 Å². The molecule has 0 bridgehead atoms. The van der Waals surface area contributed by atoms with Crippen molar-refractivity contribution in [3.8, 4) is 28.4 Å². The first kappa shape index (κ1) is 20.5. The summed E-state index contributed by atoms with van der Waals surface area (Å²) in [5.74, 6) is 1.67. The highest BCUT2D eigenvalue weighted by Crippen LogP contribution is 2.24. The van der Waals surface area contributed by atoms with Gasteiger partial charge < -0.3 is 14.2 Å². The fourth-order valence-corrected chi connectivity index (χ4v) is 2.92. The van der Waals surface area contributed by atoms with E-state index in [1.54, 1.807) is 25.3 Å². The van der Waals surface area contributed by atoms with Crippen molar-refractivity contribution in [1.29, 1.82) is 0 Å². The number of unbranched alkanes of at least 4 members (excludes halogenated alkanes) is 2. The van der Waals surface area contributed by atoms with Crippen LogP contribution in [0.5, 0.6) is 17.2 Å². The Morgan fingerprint density at radius 3 is 2.17 bits per heavy atom. The summed E-state index contributed by atoms with van der Waals surface area (Å²) >= 11 is 0. The van der Waals surface area contributed by atoms with Gasteiger partial charge in [-0.25, -0.2) is 4.79 Å². The lowest BCUT2D eigenvalue weighted by molar-refractivity contribution is 0.0734. The van der Waals surface area contributed by atoms with Crippen LogP contribution in [0, 0.1) is 0 Å². The van der Waals surface area contributed by atoms with Gasteiger partial charge in [-0.3, -0.25) is 0 Å². The Balaban J connectivity index is 1.63. The summed E-state index contributed by atoms with van der Waals surface area (Å²) < 4.78 is 16.4. The standard InChI is InChI=1S/C25H26O4/c1-3-4-5-17-28-23-13-15-24(16-14-23)29-25(26)21-8-6-7-20(18-21)19-9-11-22(27-2)12-10-19/h6-16,18H,3-5,17H2,1-2H3. The van der Waals surface area contributed by atoms with Crippen molar-refractivity contribution in [2.45, 2.75) is 26.2 Å². The van der Waals surface area contributed by atoms with E-state index >= 15 is 0 Å². The highest BCUT2D eigenvalue weighted by atomic mass is 16.5. The van der Waals surface area contributed by atoms with E-state index in [2.05, 4.69) is 6.92 Å². The fraction of sp³-hybridized carbons (Fsp3) is 0.240. The summed E-state index contributed by atoms with van der Waals surface area (Å²) in [6, 6.07) is 22.2. The van der Waals surface area contributed by atoms with Gasteiger partial charge >= 0.3 is 5.97 Å². The van der Waals surface area contributed by atoms with E-state index in [9.17, 15) is 4.79 Å². The van der Waals surface area contributed by atoms with Gasteiger partial charge in [0.25, 0.3) is 0 Å². The lowest BCUT2D eigenvalue weighted by Gasteiger charge is -2.09. The molecule has 0 unspecified atom stereocenters. The van der Waals surface area contributed by atoms with Crippen molar-refractivity contribution in [3.05, 3.63) is 78.4 Å². The first-order chi connectivity index (χ1) is 14.2. The number of benzene rings is 3. The van der Waals surface area contributed by atoms with E-state index in [1.165, 1.54) is 0 Å². The topological polar surface area (TPSA) is 44.8 Å². The second-order valence-electron chi connectivity index (χ2n) is 6.73. The third-order valence-electron chi connectivity index (χ3n) is 4.57. The molecule has 4 nitrogen and oxygen atoms in total. The average Bonchev–Trinajstić information content (AvgIpc) is 2.78. The van der Waals surface area contributed by atoms with Crippen LogP contribution in [-0.2, 0) is 0 Å². The van der Waals surface area contributed by atoms with Crippen LogP contribution >= 0.6 is 0 Å². The van der Waals surface area contributed by atoms with Crippen molar-refractivity contribution in [1.82, 2.24) is 0 Å². The monoisotopic (exact) mass is 390 g/mol. The van der Waals surface area contributed by atoms with Gasteiger partial charge in [0.05, 0.1) is 19.3 Å². The Hall–Kier alpha value is -3.27. The van der Waals surface area contributed by atoms with E-state index in [0.29, 0.717) is 17.9 Å². The summed E-state index contributed by atoms with van der Waals surface area (Å²) in [5, 5.41) is 0. The highest BCUT2D eigenvalue weighted by Gasteiger charge is 2.10.